The maximum Gasteiger partial charge on any atom is 0.300 e. The topological polar surface area (TPSA) is 52.2 Å². The maximum atomic E-state index is 12.4. The van der Waals surface area contributed by atoms with Crippen LogP contribution in [0, 0.1) is 13.8 Å². The molecule has 0 aliphatic rings. The monoisotopic (exact) mass is 334 g/mol. The molecule has 114 valence electrons. The third-order valence-electron chi connectivity index (χ3n) is 3.47. The molecule has 22 heavy (non-hydrogen) atoms. The Labute approximate surface area is 136 Å². The second kappa shape index (κ2) is 5.37. The third-order valence-corrected chi connectivity index (χ3v) is 4.76. The van der Waals surface area contributed by atoms with E-state index in [-0.39, 0.29) is 5.91 Å². The highest BCUT2D eigenvalue weighted by Gasteiger charge is 2.14. The largest absolute Gasteiger partial charge is 0.319 e. The molecule has 3 rings (SSSR count). The Morgan fingerprint density at radius 3 is 2.64 bits per heavy atom. The average molecular weight is 335 g/mol. The van der Waals surface area contributed by atoms with Crippen LogP contribution in [0.3, 0.4) is 0 Å². The molecule has 1 aromatic carbocycles. The minimum atomic E-state index is -0.330. The lowest BCUT2D eigenvalue weighted by atomic mass is 10.2. The summed E-state index contributed by atoms with van der Waals surface area (Å²) in [7, 11) is 3.69. The number of aromatic nitrogens is 3. The summed E-state index contributed by atoms with van der Waals surface area (Å²) in [6, 6.07) is 3.80. The molecule has 0 fully saturated rings. The molecule has 2 aromatic heterocycles. The average Bonchev–Trinajstić information content (AvgIpc) is 2.90. The summed E-state index contributed by atoms with van der Waals surface area (Å²) < 4.78 is 4.55. The smallest absolute Gasteiger partial charge is 0.300 e. The van der Waals surface area contributed by atoms with E-state index in [0.717, 1.165) is 21.3 Å². The molecule has 0 saturated carbocycles. The fourth-order valence-corrected chi connectivity index (χ4v) is 4.00. The van der Waals surface area contributed by atoms with Crippen LogP contribution in [0.5, 0.6) is 0 Å². The number of carbonyl (C=O) groups is 1. The van der Waals surface area contributed by atoms with Crippen LogP contribution in [-0.2, 0) is 14.1 Å². The molecule has 2 heterocycles. The Morgan fingerprint density at radius 2 is 2.00 bits per heavy atom. The van der Waals surface area contributed by atoms with Crippen LogP contribution in [-0.4, -0.2) is 20.3 Å². The van der Waals surface area contributed by atoms with Crippen LogP contribution in [0.25, 0.3) is 10.2 Å². The number of fused-ring (bicyclic) bond motifs is 1. The summed E-state index contributed by atoms with van der Waals surface area (Å²) >= 11 is 7.54. The number of hydrogen-bond acceptors (Lipinski definition) is 3. The van der Waals surface area contributed by atoms with Gasteiger partial charge in [-0.2, -0.15) is 10.1 Å². The van der Waals surface area contributed by atoms with Gasteiger partial charge in [-0.1, -0.05) is 22.9 Å². The predicted molar refractivity (Wildman–Crippen MR) is 88.4 cm³/mol. The molecule has 0 aliphatic carbocycles. The van der Waals surface area contributed by atoms with E-state index in [1.165, 1.54) is 11.3 Å². The van der Waals surface area contributed by atoms with Gasteiger partial charge in [-0.05, 0) is 31.5 Å². The van der Waals surface area contributed by atoms with Crippen molar-refractivity contribution < 1.29 is 4.79 Å². The van der Waals surface area contributed by atoms with Gasteiger partial charge in [0.2, 0.25) is 0 Å². The number of carbonyl (C=O) groups excluding carboxylic acids is 1. The van der Waals surface area contributed by atoms with E-state index in [0.29, 0.717) is 15.5 Å². The maximum absolute atomic E-state index is 12.4. The number of nitrogens with zero attached hydrogens (tertiary/aromatic N) is 4. The quantitative estimate of drug-likeness (QED) is 0.687. The number of rotatable bonds is 1. The lowest BCUT2D eigenvalue weighted by Crippen LogP contribution is -2.14. The van der Waals surface area contributed by atoms with E-state index in [4.69, 9.17) is 11.6 Å². The summed E-state index contributed by atoms with van der Waals surface area (Å²) in [5, 5.41) is 4.85. The molecule has 0 bridgehead atoms. The fraction of sp³-hybridized carbons (Fsp3) is 0.267. The van der Waals surface area contributed by atoms with Crippen molar-refractivity contribution in [3.63, 3.8) is 0 Å². The summed E-state index contributed by atoms with van der Waals surface area (Å²) in [6.45, 7) is 3.85. The standard InChI is InChI=1S/C15H15ClN4OS/c1-8-5-10(16)6-11-13(8)20(4)15(22-11)17-14(21)12-9(2)7-19(3)18-12/h5-7H,1-4H3. The normalized spacial score (nSPS) is 12.3. The molecule has 0 saturated heterocycles. The fourth-order valence-electron chi connectivity index (χ4n) is 2.53. The van der Waals surface area contributed by atoms with E-state index in [2.05, 4.69) is 10.1 Å². The Balaban J connectivity index is 2.18. The van der Waals surface area contributed by atoms with Gasteiger partial charge in [-0.3, -0.25) is 9.48 Å². The number of aryl methyl sites for hydroxylation is 4. The van der Waals surface area contributed by atoms with Gasteiger partial charge in [-0.15, -0.1) is 0 Å². The first-order valence-electron chi connectivity index (χ1n) is 6.72. The Bertz CT molecular complexity index is 964. The first-order valence-corrected chi connectivity index (χ1v) is 7.91. The summed E-state index contributed by atoms with van der Waals surface area (Å²) in [5.41, 5.74) is 3.30. The van der Waals surface area contributed by atoms with Crippen LogP contribution < -0.4 is 4.80 Å². The van der Waals surface area contributed by atoms with Crippen LogP contribution >= 0.6 is 22.9 Å². The Kier molecular flexibility index (Phi) is 3.66. The van der Waals surface area contributed by atoms with Crippen molar-refractivity contribution in [3.8, 4) is 0 Å². The zero-order valence-corrected chi connectivity index (χ0v) is 14.3. The zero-order chi connectivity index (χ0) is 16.0. The van der Waals surface area contributed by atoms with Gasteiger partial charge in [0.25, 0.3) is 5.91 Å². The zero-order valence-electron chi connectivity index (χ0n) is 12.7. The van der Waals surface area contributed by atoms with Crippen molar-refractivity contribution in [2.75, 3.05) is 0 Å². The highest BCUT2D eigenvalue weighted by Crippen LogP contribution is 2.25. The van der Waals surface area contributed by atoms with E-state index in [1.807, 2.05) is 37.6 Å². The number of benzene rings is 1. The Morgan fingerprint density at radius 1 is 1.27 bits per heavy atom. The molecular formula is C15H15ClN4OS. The van der Waals surface area contributed by atoms with Gasteiger partial charge in [0.15, 0.2) is 10.5 Å². The molecule has 0 aliphatic heterocycles. The van der Waals surface area contributed by atoms with Crippen molar-refractivity contribution >= 4 is 39.1 Å². The van der Waals surface area contributed by atoms with Crippen molar-refractivity contribution in [2.45, 2.75) is 13.8 Å². The molecule has 5 nitrogen and oxygen atoms in total. The van der Waals surface area contributed by atoms with Crippen LogP contribution in [0.4, 0.5) is 0 Å². The van der Waals surface area contributed by atoms with Gasteiger partial charge in [0.1, 0.15) is 0 Å². The number of amides is 1. The van der Waals surface area contributed by atoms with Gasteiger partial charge in [-0.25, -0.2) is 0 Å². The Hall–Kier alpha value is -1.92. The second-order valence-corrected chi connectivity index (χ2v) is 6.71. The second-order valence-electron chi connectivity index (χ2n) is 5.26. The van der Waals surface area contributed by atoms with Crippen molar-refractivity contribution in [2.24, 2.45) is 19.1 Å². The third kappa shape index (κ3) is 2.48. The number of halogens is 1. The molecule has 7 heteroatoms. The molecule has 3 aromatic rings. The molecule has 0 spiro atoms. The van der Waals surface area contributed by atoms with Crippen molar-refractivity contribution in [1.29, 1.82) is 0 Å². The predicted octanol–water partition coefficient (Wildman–Crippen LogP) is 2.98. The van der Waals surface area contributed by atoms with Crippen LogP contribution in [0.2, 0.25) is 5.02 Å². The SMILES string of the molecule is Cc1cn(C)nc1C(=O)N=c1sc2cc(Cl)cc(C)c2n1C. The first-order chi connectivity index (χ1) is 10.4. The molecule has 0 radical (unpaired) electrons. The molecule has 0 atom stereocenters. The van der Waals surface area contributed by atoms with Gasteiger partial charge >= 0.3 is 0 Å². The highest BCUT2D eigenvalue weighted by molar-refractivity contribution is 7.16. The van der Waals surface area contributed by atoms with Crippen LogP contribution in [0.15, 0.2) is 23.3 Å². The van der Waals surface area contributed by atoms with Gasteiger partial charge < -0.3 is 4.57 Å². The van der Waals surface area contributed by atoms with E-state index < -0.39 is 0 Å². The van der Waals surface area contributed by atoms with E-state index in [9.17, 15) is 4.79 Å². The summed E-state index contributed by atoms with van der Waals surface area (Å²) in [6.07, 6.45) is 1.80. The molecular weight excluding hydrogens is 320 g/mol. The number of hydrogen-bond donors (Lipinski definition) is 0. The van der Waals surface area contributed by atoms with Crippen LogP contribution in [0.1, 0.15) is 21.6 Å². The minimum Gasteiger partial charge on any atom is -0.319 e. The van der Waals surface area contributed by atoms with E-state index in [1.54, 1.807) is 17.9 Å². The lowest BCUT2D eigenvalue weighted by Gasteiger charge is -2.00. The first kappa shape index (κ1) is 15.0. The van der Waals surface area contributed by atoms with Gasteiger partial charge in [0.05, 0.1) is 10.2 Å². The van der Waals surface area contributed by atoms with Crippen molar-refractivity contribution in [1.82, 2.24) is 14.3 Å². The van der Waals surface area contributed by atoms with Crippen molar-refractivity contribution in [3.05, 3.63) is 45.0 Å². The minimum absolute atomic E-state index is 0.330. The highest BCUT2D eigenvalue weighted by atomic mass is 35.5. The van der Waals surface area contributed by atoms with Gasteiger partial charge in [0, 0.05) is 30.9 Å². The number of thiazole rings is 1. The molecule has 0 N–H and O–H groups in total. The molecule has 1 amide bonds. The molecule has 0 unspecified atom stereocenters. The lowest BCUT2D eigenvalue weighted by molar-refractivity contribution is 0.0992. The summed E-state index contributed by atoms with van der Waals surface area (Å²) in [5.74, 6) is -0.330. The summed E-state index contributed by atoms with van der Waals surface area (Å²) in [4.78, 5) is 17.2. The van der Waals surface area contributed by atoms with E-state index >= 15 is 0 Å².